The van der Waals surface area contributed by atoms with Crippen LogP contribution in [0.1, 0.15) is 18.9 Å². The Morgan fingerprint density at radius 1 is 1.13 bits per heavy atom. The van der Waals surface area contributed by atoms with Crippen LogP contribution in [-0.2, 0) is 0 Å². The Morgan fingerprint density at radius 3 is 2.61 bits per heavy atom. The average Bonchev–Trinajstić information content (AvgIpc) is 2.99. The van der Waals surface area contributed by atoms with Crippen molar-refractivity contribution in [2.75, 3.05) is 18.0 Å². The quantitative estimate of drug-likeness (QED) is 0.687. The molecule has 1 fully saturated rings. The first-order valence-electron chi connectivity index (χ1n) is 7.43. The van der Waals surface area contributed by atoms with Gasteiger partial charge in [0.05, 0.1) is 24.0 Å². The summed E-state index contributed by atoms with van der Waals surface area (Å²) in [5.74, 6) is 0.168. The SMILES string of the molecule is Fc1cnc(N2CCC(n3nnc4cc(Br)ccc43)CC2)nc1. The molecule has 1 saturated heterocycles. The first kappa shape index (κ1) is 14.5. The third-order valence-corrected chi connectivity index (χ3v) is 4.63. The third-order valence-electron chi connectivity index (χ3n) is 4.13. The van der Waals surface area contributed by atoms with Gasteiger partial charge in [-0.15, -0.1) is 5.10 Å². The van der Waals surface area contributed by atoms with Crippen LogP contribution >= 0.6 is 15.9 Å². The minimum absolute atomic E-state index is 0.304. The highest BCUT2D eigenvalue weighted by Gasteiger charge is 2.24. The summed E-state index contributed by atoms with van der Waals surface area (Å²) in [4.78, 5) is 10.2. The minimum atomic E-state index is -0.413. The summed E-state index contributed by atoms with van der Waals surface area (Å²) in [7, 11) is 0. The van der Waals surface area contributed by atoms with Crippen molar-refractivity contribution in [2.24, 2.45) is 0 Å². The summed E-state index contributed by atoms with van der Waals surface area (Å²) in [6, 6.07) is 6.32. The van der Waals surface area contributed by atoms with E-state index >= 15 is 0 Å². The number of piperidine rings is 1. The fourth-order valence-electron chi connectivity index (χ4n) is 2.96. The fraction of sp³-hybridized carbons (Fsp3) is 0.333. The van der Waals surface area contributed by atoms with E-state index < -0.39 is 5.82 Å². The summed E-state index contributed by atoms with van der Waals surface area (Å²) < 4.78 is 15.9. The van der Waals surface area contributed by atoms with Gasteiger partial charge in [-0.25, -0.2) is 19.0 Å². The van der Waals surface area contributed by atoms with Crippen molar-refractivity contribution < 1.29 is 4.39 Å². The Labute approximate surface area is 140 Å². The van der Waals surface area contributed by atoms with Crippen LogP contribution in [0.3, 0.4) is 0 Å². The van der Waals surface area contributed by atoms with Gasteiger partial charge in [-0.05, 0) is 31.0 Å². The third kappa shape index (κ3) is 2.78. The zero-order chi connectivity index (χ0) is 15.8. The molecule has 0 amide bonds. The molecule has 6 nitrogen and oxygen atoms in total. The highest BCUT2D eigenvalue weighted by atomic mass is 79.9. The van der Waals surface area contributed by atoms with Crippen LogP contribution in [0.4, 0.5) is 10.3 Å². The molecule has 0 aliphatic carbocycles. The number of rotatable bonds is 2. The second-order valence-corrected chi connectivity index (χ2v) is 6.50. The average molecular weight is 377 g/mol. The predicted octanol–water partition coefficient (Wildman–Crippen LogP) is 2.96. The molecule has 0 N–H and O–H groups in total. The van der Waals surface area contributed by atoms with Gasteiger partial charge >= 0.3 is 0 Å². The van der Waals surface area contributed by atoms with Gasteiger partial charge in [0.2, 0.25) is 5.95 Å². The molecule has 1 aromatic carbocycles. The van der Waals surface area contributed by atoms with Gasteiger partial charge in [-0.3, -0.25) is 0 Å². The molecular weight excluding hydrogens is 363 g/mol. The van der Waals surface area contributed by atoms with Crippen LogP contribution in [0.5, 0.6) is 0 Å². The van der Waals surface area contributed by atoms with Crippen molar-refractivity contribution in [3.05, 3.63) is 40.9 Å². The van der Waals surface area contributed by atoms with E-state index in [2.05, 4.69) is 41.1 Å². The maximum atomic E-state index is 12.9. The topological polar surface area (TPSA) is 59.7 Å². The lowest BCUT2D eigenvalue weighted by Crippen LogP contribution is -2.36. The summed E-state index contributed by atoms with van der Waals surface area (Å²) in [5, 5.41) is 8.56. The Morgan fingerprint density at radius 2 is 1.87 bits per heavy atom. The highest BCUT2D eigenvalue weighted by Crippen LogP contribution is 2.27. The lowest BCUT2D eigenvalue weighted by molar-refractivity contribution is 0.366. The molecule has 3 aromatic rings. The predicted molar refractivity (Wildman–Crippen MR) is 87.7 cm³/mol. The first-order valence-corrected chi connectivity index (χ1v) is 8.23. The lowest BCUT2D eigenvalue weighted by Gasteiger charge is -2.31. The molecule has 0 atom stereocenters. The number of hydrogen-bond acceptors (Lipinski definition) is 5. The summed E-state index contributed by atoms with van der Waals surface area (Å²) in [6.07, 6.45) is 4.26. The number of benzene rings is 1. The van der Waals surface area contributed by atoms with E-state index in [1.165, 1.54) is 12.4 Å². The molecule has 4 rings (SSSR count). The van der Waals surface area contributed by atoms with Gasteiger partial charge in [0.1, 0.15) is 5.52 Å². The molecule has 0 bridgehead atoms. The van der Waals surface area contributed by atoms with Crippen molar-refractivity contribution in [1.82, 2.24) is 25.0 Å². The number of fused-ring (bicyclic) bond motifs is 1. The second-order valence-electron chi connectivity index (χ2n) is 5.59. The number of aromatic nitrogens is 5. The highest BCUT2D eigenvalue weighted by molar-refractivity contribution is 9.10. The van der Waals surface area contributed by atoms with Crippen molar-refractivity contribution >= 4 is 32.9 Å². The number of anilines is 1. The maximum Gasteiger partial charge on any atom is 0.225 e. The van der Waals surface area contributed by atoms with Crippen LogP contribution in [0.2, 0.25) is 0 Å². The van der Waals surface area contributed by atoms with Crippen molar-refractivity contribution in [2.45, 2.75) is 18.9 Å². The molecule has 23 heavy (non-hydrogen) atoms. The molecule has 2 aromatic heterocycles. The molecule has 0 saturated carbocycles. The molecule has 1 aliphatic rings. The number of hydrogen-bond donors (Lipinski definition) is 0. The maximum absolute atomic E-state index is 12.9. The van der Waals surface area contributed by atoms with Crippen molar-refractivity contribution in [3.63, 3.8) is 0 Å². The van der Waals surface area contributed by atoms with Crippen molar-refractivity contribution in [1.29, 1.82) is 0 Å². The summed E-state index contributed by atoms with van der Waals surface area (Å²) in [5.41, 5.74) is 1.94. The van der Waals surface area contributed by atoms with Crippen LogP contribution in [0.15, 0.2) is 35.1 Å². The van der Waals surface area contributed by atoms with Crippen LogP contribution in [-0.4, -0.2) is 38.1 Å². The van der Waals surface area contributed by atoms with E-state index in [1.54, 1.807) is 0 Å². The van der Waals surface area contributed by atoms with Gasteiger partial charge in [0.25, 0.3) is 0 Å². The Balaban J connectivity index is 1.51. The van der Waals surface area contributed by atoms with E-state index in [-0.39, 0.29) is 0 Å². The van der Waals surface area contributed by atoms with E-state index in [0.717, 1.165) is 41.4 Å². The molecule has 3 heterocycles. The second kappa shape index (κ2) is 5.84. The van der Waals surface area contributed by atoms with E-state index in [1.807, 2.05) is 22.9 Å². The molecule has 0 spiro atoms. The van der Waals surface area contributed by atoms with Gasteiger partial charge in [-0.1, -0.05) is 21.1 Å². The standard InChI is InChI=1S/C15H14BrFN6/c16-10-1-2-14-13(7-10)20-21-23(14)12-3-5-22(6-4-12)15-18-8-11(17)9-19-15/h1-2,7-9,12H,3-6H2. The zero-order valence-corrected chi connectivity index (χ0v) is 13.8. The summed E-state index contributed by atoms with van der Waals surface area (Å²) >= 11 is 3.45. The molecular formula is C15H14BrFN6. The Bertz CT molecular complexity index is 826. The fourth-order valence-corrected chi connectivity index (χ4v) is 3.31. The molecule has 8 heteroatoms. The summed E-state index contributed by atoms with van der Waals surface area (Å²) in [6.45, 7) is 1.63. The van der Waals surface area contributed by atoms with Gasteiger partial charge in [0.15, 0.2) is 5.82 Å². The monoisotopic (exact) mass is 376 g/mol. The van der Waals surface area contributed by atoms with Crippen LogP contribution in [0, 0.1) is 5.82 Å². The zero-order valence-electron chi connectivity index (χ0n) is 12.2. The molecule has 1 aliphatic heterocycles. The van der Waals surface area contributed by atoms with Crippen LogP contribution < -0.4 is 4.90 Å². The lowest BCUT2D eigenvalue weighted by atomic mass is 10.1. The molecule has 0 radical (unpaired) electrons. The Hall–Kier alpha value is -2.09. The van der Waals surface area contributed by atoms with Gasteiger partial charge < -0.3 is 4.90 Å². The minimum Gasteiger partial charge on any atom is -0.341 e. The molecule has 0 unspecified atom stereocenters. The first-order chi connectivity index (χ1) is 11.2. The molecule has 118 valence electrons. The number of nitrogens with zero attached hydrogens (tertiary/aromatic N) is 6. The van der Waals surface area contributed by atoms with Crippen LogP contribution in [0.25, 0.3) is 11.0 Å². The smallest absolute Gasteiger partial charge is 0.225 e. The van der Waals surface area contributed by atoms with E-state index in [4.69, 9.17) is 0 Å². The van der Waals surface area contributed by atoms with Gasteiger partial charge in [0, 0.05) is 17.6 Å². The van der Waals surface area contributed by atoms with Crippen molar-refractivity contribution in [3.8, 4) is 0 Å². The van der Waals surface area contributed by atoms with Gasteiger partial charge in [-0.2, -0.15) is 0 Å². The normalized spacial score (nSPS) is 16.2. The van der Waals surface area contributed by atoms with E-state index in [9.17, 15) is 4.39 Å². The number of halogens is 2. The Kier molecular flexibility index (Phi) is 3.68. The van der Waals surface area contributed by atoms with E-state index in [0.29, 0.717) is 12.0 Å². The largest absolute Gasteiger partial charge is 0.341 e.